The van der Waals surface area contributed by atoms with Crippen molar-refractivity contribution in [2.45, 2.75) is 19.1 Å². The van der Waals surface area contributed by atoms with Crippen LogP contribution < -0.4 is 10.3 Å². The highest BCUT2D eigenvalue weighted by Gasteiger charge is 2.21. The van der Waals surface area contributed by atoms with Gasteiger partial charge in [0.25, 0.3) is 5.56 Å². The molecule has 0 amide bonds. The van der Waals surface area contributed by atoms with E-state index in [9.17, 15) is 4.79 Å². The van der Waals surface area contributed by atoms with Crippen molar-refractivity contribution in [3.05, 3.63) is 82.3 Å². The van der Waals surface area contributed by atoms with Gasteiger partial charge in [0.1, 0.15) is 11.8 Å². The molecule has 0 radical (unpaired) electrons. The highest BCUT2D eigenvalue weighted by Crippen LogP contribution is 2.27. The molecule has 0 spiro atoms. The number of hydrogen-bond donors (Lipinski definition) is 0. The quantitative estimate of drug-likeness (QED) is 0.400. The number of nitrogens with zero attached hydrogens (tertiary/aromatic N) is 6. The molecule has 3 aromatic heterocycles. The maximum Gasteiger partial charge on any atom is 0.261 e. The fourth-order valence-electron chi connectivity index (χ4n) is 4.23. The van der Waals surface area contributed by atoms with Crippen LogP contribution in [0.25, 0.3) is 32.3 Å². The Balaban J connectivity index is 1.54. The molecule has 1 aliphatic rings. The zero-order valence-electron chi connectivity index (χ0n) is 17.5. The number of rotatable bonds is 4. The number of para-hydroxylation sites is 2. The number of hydrogen-bond acceptors (Lipinski definition) is 6. The van der Waals surface area contributed by atoms with Gasteiger partial charge in [-0.05, 0) is 24.3 Å². The predicted octanol–water partition coefficient (Wildman–Crippen LogP) is 3.36. The highest BCUT2D eigenvalue weighted by molar-refractivity contribution is 5.84. The molecule has 2 aromatic carbocycles. The molecule has 0 bridgehead atoms. The van der Waals surface area contributed by atoms with Crippen LogP contribution in [0.3, 0.4) is 0 Å². The second kappa shape index (κ2) is 7.69. The summed E-state index contributed by atoms with van der Waals surface area (Å²) in [6.07, 6.45) is 2.19. The molecule has 1 atom stereocenters. The van der Waals surface area contributed by atoms with Crippen LogP contribution in [0, 0.1) is 6.57 Å². The van der Waals surface area contributed by atoms with Gasteiger partial charge in [-0.15, -0.1) is 0 Å². The topological polar surface area (TPSA) is 87.9 Å². The van der Waals surface area contributed by atoms with Gasteiger partial charge < -0.3 is 9.47 Å². The van der Waals surface area contributed by atoms with Crippen LogP contribution in [0.5, 0.6) is 5.88 Å². The van der Waals surface area contributed by atoms with Gasteiger partial charge in [0.2, 0.25) is 11.6 Å². The van der Waals surface area contributed by atoms with Gasteiger partial charge in [0.05, 0.1) is 54.3 Å². The van der Waals surface area contributed by atoms with E-state index >= 15 is 0 Å². The average Bonchev–Trinajstić information content (AvgIpc) is 3.52. The molecule has 4 heterocycles. The first-order valence-electron chi connectivity index (χ1n) is 10.6. The number of fused-ring (bicyclic) bond motifs is 4. The summed E-state index contributed by atoms with van der Waals surface area (Å²) in [7, 11) is 0. The van der Waals surface area contributed by atoms with Crippen LogP contribution in [0.1, 0.15) is 12.2 Å². The normalized spacial score (nSPS) is 15.9. The number of benzene rings is 2. The zero-order valence-corrected chi connectivity index (χ0v) is 17.5. The van der Waals surface area contributed by atoms with E-state index in [1.165, 1.54) is 10.8 Å². The smallest absolute Gasteiger partial charge is 0.261 e. The SMILES string of the molecule is [C-]#[N+]c1cnn2c3ccccc3c(=O)n(Cc3nc(OC4CCOC4)c4ccccc4n3)c12. The number of aromatic nitrogens is 5. The van der Waals surface area contributed by atoms with Gasteiger partial charge in [-0.1, -0.05) is 24.3 Å². The second-order valence-corrected chi connectivity index (χ2v) is 7.85. The molecule has 9 heteroatoms. The Morgan fingerprint density at radius 2 is 1.94 bits per heavy atom. The van der Waals surface area contributed by atoms with E-state index in [0.717, 1.165) is 17.3 Å². The van der Waals surface area contributed by atoms with E-state index in [0.29, 0.717) is 47.2 Å². The van der Waals surface area contributed by atoms with Crippen molar-refractivity contribution in [2.75, 3.05) is 13.2 Å². The predicted molar refractivity (Wildman–Crippen MR) is 122 cm³/mol. The maximum absolute atomic E-state index is 13.5. The van der Waals surface area contributed by atoms with E-state index in [4.69, 9.17) is 16.0 Å². The van der Waals surface area contributed by atoms with Crippen LogP contribution in [0.15, 0.2) is 59.5 Å². The molecule has 1 saturated heterocycles. The Labute approximate surface area is 187 Å². The summed E-state index contributed by atoms with van der Waals surface area (Å²) < 4.78 is 14.7. The van der Waals surface area contributed by atoms with Gasteiger partial charge in [-0.2, -0.15) is 10.1 Å². The molecule has 5 aromatic rings. The summed E-state index contributed by atoms with van der Waals surface area (Å²) in [4.78, 5) is 26.4. The molecule has 0 aliphatic carbocycles. The van der Waals surface area contributed by atoms with Crippen LogP contribution in [-0.2, 0) is 11.3 Å². The third-order valence-corrected chi connectivity index (χ3v) is 5.79. The van der Waals surface area contributed by atoms with Crippen molar-refractivity contribution >= 4 is 33.1 Å². The molecule has 9 nitrogen and oxygen atoms in total. The lowest BCUT2D eigenvalue weighted by molar-refractivity contribution is 0.139. The Morgan fingerprint density at radius 3 is 2.76 bits per heavy atom. The first-order valence-corrected chi connectivity index (χ1v) is 10.6. The van der Waals surface area contributed by atoms with Gasteiger partial charge in [0.15, 0.2) is 5.82 Å². The summed E-state index contributed by atoms with van der Waals surface area (Å²) in [6, 6.07) is 14.8. The molecular formula is C24H18N6O3. The number of ether oxygens (including phenoxy) is 2. The Morgan fingerprint density at radius 1 is 1.12 bits per heavy atom. The molecular weight excluding hydrogens is 420 g/mol. The monoisotopic (exact) mass is 438 g/mol. The third kappa shape index (κ3) is 3.20. The van der Waals surface area contributed by atoms with Gasteiger partial charge in [-0.3, -0.25) is 9.36 Å². The average molecular weight is 438 g/mol. The zero-order chi connectivity index (χ0) is 22.4. The van der Waals surface area contributed by atoms with Crippen LogP contribution in [0.2, 0.25) is 0 Å². The third-order valence-electron chi connectivity index (χ3n) is 5.79. The van der Waals surface area contributed by atoms with Crippen LogP contribution in [-0.4, -0.2) is 43.5 Å². The van der Waals surface area contributed by atoms with Crippen molar-refractivity contribution in [2.24, 2.45) is 0 Å². The van der Waals surface area contributed by atoms with E-state index in [1.807, 2.05) is 36.4 Å². The van der Waals surface area contributed by atoms with E-state index in [-0.39, 0.29) is 18.2 Å². The molecule has 6 rings (SSSR count). The molecule has 33 heavy (non-hydrogen) atoms. The van der Waals surface area contributed by atoms with E-state index in [1.54, 1.807) is 16.6 Å². The van der Waals surface area contributed by atoms with Crippen molar-refractivity contribution in [3.8, 4) is 5.88 Å². The molecule has 0 saturated carbocycles. The lowest BCUT2D eigenvalue weighted by Gasteiger charge is -2.15. The maximum atomic E-state index is 13.5. The minimum atomic E-state index is -0.230. The molecule has 1 aliphatic heterocycles. The Kier molecular flexibility index (Phi) is 4.52. The lowest BCUT2D eigenvalue weighted by atomic mass is 10.2. The molecule has 0 N–H and O–H groups in total. The fraction of sp³-hybridized carbons (Fsp3) is 0.208. The summed E-state index contributed by atoms with van der Waals surface area (Å²) in [5.74, 6) is 0.883. The van der Waals surface area contributed by atoms with Crippen molar-refractivity contribution in [1.82, 2.24) is 24.1 Å². The molecule has 1 unspecified atom stereocenters. The minimum absolute atomic E-state index is 0.0732. The molecule has 1 fully saturated rings. The highest BCUT2D eigenvalue weighted by atomic mass is 16.5. The van der Waals surface area contributed by atoms with Crippen LogP contribution in [0.4, 0.5) is 5.69 Å². The first kappa shape index (κ1) is 19.4. The van der Waals surface area contributed by atoms with E-state index < -0.39 is 0 Å². The van der Waals surface area contributed by atoms with Crippen LogP contribution >= 0.6 is 0 Å². The first-order chi connectivity index (χ1) is 16.2. The van der Waals surface area contributed by atoms with Gasteiger partial charge in [0, 0.05) is 6.42 Å². The largest absolute Gasteiger partial charge is 0.471 e. The van der Waals surface area contributed by atoms with Crippen molar-refractivity contribution in [1.29, 1.82) is 0 Å². The summed E-state index contributed by atoms with van der Waals surface area (Å²) in [5.41, 5.74) is 1.84. The Hall–Kier alpha value is -4.29. The lowest BCUT2D eigenvalue weighted by Crippen LogP contribution is -2.25. The fourth-order valence-corrected chi connectivity index (χ4v) is 4.23. The van der Waals surface area contributed by atoms with E-state index in [2.05, 4.69) is 19.9 Å². The van der Waals surface area contributed by atoms with Crippen molar-refractivity contribution < 1.29 is 9.47 Å². The standard InChI is InChI=1S/C24H18N6O3/c1-25-19-12-26-30-20-9-5-3-7-17(20)24(31)29(23(19)30)13-21-27-18-8-4-2-6-16(18)22(28-21)33-15-10-11-32-14-15/h2-9,12,15H,10-11,13-14H2. The minimum Gasteiger partial charge on any atom is -0.471 e. The second-order valence-electron chi connectivity index (χ2n) is 7.85. The summed E-state index contributed by atoms with van der Waals surface area (Å²) in [5, 5.41) is 5.67. The van der Waals surface area contributed by atoms with Gasteiger partial charge in [-0.25, -0.2) is 14.3 Å². The Bertz CT molecular complexity index is 1630. The summed E-state index contributed by atoms with van der Waals surface area (Å²) >= 11 is 0. The van der Waals surface area contributed by atoms with Crippen molar-refractivity contribution in [3.63, 3.8) is 0 Å². The van der Waals surface area contributed by atoms with Gasteiger partial charge >= 0.3 is 0 Å². The summed E-state index contributed by atoms with van der Waals surface area (Å²) in [6.45, 7) is 8.81. The molecule has 162 valence electrons.